The maximum absolute atomic E-state index is 5.75. The Bertz CT molecular complexity index is 579. The molecule has 0 aliphatic rings. The van der Waals surface area contributed by atoms with Crippen molar-refractivity contribution < 1.29 is 4.74 Å². The van der Waals surface area contributed by atoms with Crippen molar-refractivity contribution in [1.82, 2.24) is 10.3 Å². The van der Waals surface area contributed by atoms with Crippen molar-refractivity contribution in [3.63, 3.8) is 0 Å². The van der Waals surface area contributed by atoms with Crippen LogP contribution in [-0.4, -0.2) is 17.1 Å². The topological polar surface area (TPSA) is 34.2 Å². The Morgan fingerprint density at radius 2 is 1.86 bits per heavy atom. The maximum Gasteiger partial charge on any atom is 0.120 e. The molecule has 2 aromatic rings. The first-order valence-electron chi connectivity index (χ1n) is 7.49. The van der Waals surface area contributed by atoms with E-state index in [0.717, 1.165) is 23.4 Å². The minimum absolute atomic E-state index is 0.181. The Morgan fingerprint density at radius 1 is 1.05 bits per heavy atom. The van der Waals surface area contributed by atoms with Crippen LogP contribution in [-0.2, 0) is 6.54 Å². The van der Waals surface area contributed by atoms with Gasteiger partial charge in [0.15, 0.2) is 0 Å². The molecular weight excluding hydrogens is 260 g/mol. The van der Waals surface area contributed by atoms with Crippen molar-refractivity contribution in [2.75, 3.05) is 0 Å². The first kappa shape index (κ1) is 15.5. The summed E-state index contributed by atoms with van der Waals surface area (Å²) in [5.41, 5.74) is 3.44. The van der Waals surface area contributed by atoms with Gasteiger partial charge in [0.2, 0.25) is 0 Å². The zero-order valence-electron chi connectivity index (χ0n) is 13.3. The van der Waals surface area contributed by atoms with Crippen LogP contribution in [0.15, 0.2) is 42.7 Å². The van der Waals surface area contributed by atoms with Gasteiger partial charge >= 0.3 is 0 Å². The zero-order chi connectivity index (χ0) is 15.2. The number of pyridine rings is 1. The van der Waals surface area contributed by atoms with Crippen molar-refractivity contribution >= 4 is 0 Å². The van der Waals surface area contributed by atoms with Crippen LogP contribution in [0.2, 0.25) is 0 Å². The van der Waals surface area contributed by atoms with Gasteiger partial charge in [-0.15, -0.1) is 0 Å². The van der Waals surface area contributed by atoms with E-state index in [1.54, 1.807) is 0 Å². The highest BCUT2D eigenvalue weighted by molar-refractivity contribution is 5.64. The maximum atomic E-state index is 5.75. The fraction of sp³-hybridized carbons (Fsp3) is 0.389. The third-order valence-corrected chi connectivity index (χ3v) is 3.05. The summed E-state index contributed by atoms with van der Waals surface area (Å²) in [7, 11) is 0. The Kier molecular flexibility index (Phi) is 5.34. The molecule has 0 fully saturated rings. The summed E-state index contributed by atoms with van der Waals surface area (Å²) in [6.45, 7) is 9.19. The van der Waals surface area contributed by atoms with Gasteiger partial charge < -0.3 is 10.1 Å². The summed E-state index contributed by atoms with van der Waals surface area (Å²) >= 11 is 0. The SMILES string of the molecule is CC(C)NCc1cncc(-c2cccc(OC(C)C)c2)c1. The van der Waals surface area contributed by atoms with Gasteiger partial charge in [-0.3, -0.25) is 4.98 Å². The van der Waals surface area contributed by atoms with Gasteiger partial charge in [0, 0.05) is 30.5 Å². The largest absolute Gasteiger partial charge is 0.491 e. The van der Waals surface area contributed by atoms with Crippen LogP contribution in [0.1, 0.15) is 33.3 Å². The highest BCUT2D eigenvalue weighted by Gasteiger charge is 2.04. The first-order valence-corrected chi connectivity index (χ1v) is 7.49. The van der Waals surface area contributed by atoms with Crippen LogP contribution in [0.3, 0.4) is 0 Å². The van der Waals surface area contributed by atoms with Gasteiger partial charge in [-0.25, -0.2) is 0 Å². The van der Waals surface area contributed by atoms with E-state index in [2.05, 4.69) is 42.3 Å². The molecule has 21 heavy (non-hydrogen) atoms. The molecule has 0 saturated heterocycles. The molecule has 112 valence electrons. The quantitative estimate of drug-likeness (QED) is 0.869. The molecule has 0 aliphatic carbocycles. The number of ether oxygens (including phenoxy) is 1. The molecule has 0 radical (unpaired) electrons. The third kappa shape index (κ3) is 4.87. The Labute approximate surface area is 127 Å². The number of hydrogen-bond donors (Lipinski definition) is 1. The van der Waals surface area contributed by atoms with Crippen molar-refractivity contribution in [1.29, 1.82) is 0 Å². The van der Waals surface area contributed by atoms with E-state index in [1.165, 1.54) is 5.56 Å². The number of rotatable bonds is 6. The van der Waals surface area contributed by atoms with Crippen LogP contribution in [0.4, 0.5) is 0 Å². The lowest BCUT2D eigenvalue weighted by atomic mass is 10.1. The van der Waals surface area contributed by atoms with Gasteiger partial charge in [-0.1, -0.05) is 26.0 Å². The fourth-order valence-corrected chi connectivity index (χ4v) is 2.09. The first-order chi connectivity index (χ1) is 10.0. The normalized spacial score (nSPS) is 11.1. The van der Waals surface area contributed by atoms with Gasteiger partial charge in [-0.2, -0.15) is 0 Å². The lowest BCUT2D eigenvalue weighted by Crippen LogP contribution is -2.21. The Balaban J connectivity index is 2.19. The van der Waals surface area contributed by atoms with Gasteiger partial charge in [0.05, 0.1) is 6.10 Å². The number of hydrogen-bond acceptors (Lipinski definition) is 3. The summed E-state index contributed by atoms with van der Waals surface area (Å²) < 4.78 is 5.75. The predicted molar refractivity (Wildman–Crippen MR) is 87.4 cm³/mol. The second kappa shape index (κ2) is 7.23. The molecule has 1 aromatic heterocycles. The number of nitrogens with one attached hydrogen (secondary N) is 1. The molecule has 0 bridgehead atoms. The summed E-state index contributed by atoms with van der Waals surface area (Å²) in [6.07, 6.45) is 3.99. The molecule has 3 nitrogen and oxygen atoms in total. The van der Waals surface area contributed by atoms with E-state index in [-0.39, 0.29) is 6.10 Å². The molecule has 0 saturated carbocycles. The summed E-state index contributed by atoms with van der Waals surface area (Å²) in [5.74, 6) is 0.896. The fourth-order valence-electron chi connectivity index (χ4n) is 2.09. The smallest absolute Gasteiger partial charge is 0.120 e. The van der Waals surface area contributed by atoms with Crippen molar-refractivity contribution in [3.8, 4) is 16.9 Å². The lowest BCUT2D eigenvalue weighted by molar-refractivity contribution is 0.242. The summed E-state index contributed by atoms with van der Waals surface area (Å²) in [4.78, 5) is 4.35. The average Bonchev–Trinajstić information content (AvgIpc) is 2.45. The van der Waals surface area contributed by atoms with E-state index in [0.29, 0.717) is 6.04 Å². The number of aromatic nitrogens is 1. The molecule has 0 spiro atoms. The minimum atomic E-state index is 0.181. The molecule has 1 heterocycles. The van der Waals surface area contributed by atoms with Gasteiger partial charge in [0.1, 0.15) is 5.75 Å². The molecule has 3 heteroatoms. The van der Waals surface area contributed by atoms with Crippen LogP contribution in [0.5, 0.6) is 5.75 Å². The molecule has 1 N–H and O–H groups in total. The van der Waals surface area contributed by atoms with E-state index in [9.17, 15) is 0 Å². The highest BCUT2D eigenvalue weighted by atomic mass is 16.5. The second-order valence-corrected chi connectivity index (χ2v) is 5.81. The number of nitrogens with zero attached hydrogens (tertiary/aromatic N) is 1. The second-order valence-electron chi connectivity index (χ2n) is 5.81. The molecule has 0 aliphatic heterocycles. The van der Waals surface area contributed by atoms with E-state index < -0.39 is 0 Å². The zero-order valence-corrected chi connectivity index (χ0v) is 13.3. The van der Waals surface area contributed by atoms with Crippen molar-refractivity contribution in [3.05, 3.63) is 48.3 Å². The van der Waals surface area contributed by atoms with E-state index >= 15 is 0 Å². The van der Waals surface area contributed by atoms with E-state index in [1.807, 2.05) is 38.4 Å². The molecule has 0 amide bonds. The average molecular weight is 284 g/mol. The predicted octanol–water partition coefficient (Wildman–Crippen LogP) is 4.03. The molecule has 2 rings (SSSR count). The van der Waals surface area contributed by atoms with E-state index in [4.69, 9.17) is 4.74 Å². The lowest BCUT2D eigenvalue weighted by Gasteiger charge is -2.12. The molecular formula is C18H24N2O. The van der Waals surface area contributed by atoms with Gasteiger partial charge in [0.25, 0.3) is 0 Å². The highest BCUT2D eigenvalue weighted by Crippen LogP contribution is 2.24. The van der Waals surface area contributed by atoms with Gasteiger partial charge in [-0.05, 0) is 43.2 Å². The van der Waals surface area contributed by atoms with Crippen LogP contribution >= 0.6 is 0 Å². The van der Waals surface area contributed by atoms with Crippen LogP contribution in [0.25, 0.3) is 11.1 Å². The number of benzene rings is 1. The monoisotopic (exact) mass is 284 g/mol. The van der Waals surface area contributed by atoms with Crippen LogP contribution in [0, 0.1) is 0 Å². The summed E-state index contributed by atoms with van der Waals surface area (Å²) in [6, 6.07) is 10.8. The minimum Gasteiger partial charge on any atom is -0.491 e. The molecule has 1 aromatic carbocycles. The molecule has 0 unspecified atom stereocenters. The molecule has 0 atom stereocenters. The summed E-state index contributed by atoms with van der Waals surface area (Å²) in [5, 5.41) is 3.41. The van der Waals surface area contributed by atoms with Crippen LogP contribution < -0.4 is 10.1 Å². The van der Waals surface area contributed by atoms with Crippen molar-refractivity contribution in [2.45, 2.75) is 46.4 Å². The Hall–Kier alpha value is -1.87. The third-order valence-electron chi connectivity index (χ3n) is 3.05. The standard InChI is InChI=1S/C18H24N2O/c1-13(2)20-11-15-8-17(12-19-10-15)16-6-5-7-18(9-16)21-14(3)4/h5-10,12-14,20H,11H2,1-4H3. The van der Waals surface area contributed by atoms with Crippen molar-refractivity contribution in [2.24, 2.45) is 0 Å². The Morgan fingerprint density at radius 3 is 2.57 bits per heavy atom.